The number of fused-ring (bicyclic) bond motifs is 1. The van der Waals surface area contributed by atoms with Gasteiger partial charge in [0.25, 0.3) is 0 Å². The lowest BCUT2D eigenvalue weighted by Gasteiger charge is -1.98. The van der Waals surface area contributed by atoms with E-state index in [0.717, 1.165) is 20.3 Å². The maximum absolute atomic E-state index is 4.18. The molecule has 2 heterocycles. The summed E-state index contributed by atoms with van der Waals surface area (Å²) in [5.74, 6) is 0. The number of hydrogen-bond acceptors (Lipinski definition) is 3. The highest BCUT2D eigenvalue weighted by molar-refractivity contribution is 14.1. The first kappa shape index (κ1) is 7.85. The smallest absolute Gasteiger partial charge is 0.124 e. The molecule has 2 aromatic heterocycles. The first-order chi connectivity index (χ1) is 5.77. The fourth-order valence-corrected chi connectivity index (χ4v) is 1.50. The molecule has 4 heteroatoms. The van der Waals surface area contributed by atoms with Crippen molar-refractivity contribution in [3.63, 3.8) is 0 Å². The number of hydrogen-bond donors (Lipinski definition) is 0. The lowest BCUT2D eigenvalue weighted by Crippen LogP contribution is -1.90. The Bertz CT molecular complexity index is 428. The van der Waals surface area contributed by atoms with Gasteiger partial charge < -0.3 is 0 Å². The first-order valence-corrected chi connectivity index (χ1v) is 4.60. The molecule has 0 N–H and O–H groups in total. The Hall–Kier alpha value is -0.780. The maximum atomic E-state index is 4.18. The van der Waals surface area contributed by atoms with Crippen LogP contribution in [0.3, 0.4) is 0 Å². The van der Waals surface area contributed by atoms with Crippen LogP contribution in [0, 0.1) is 10.6 Å². The molecule has 0 saturated carbocycles. The average Bonchev–Trinajstić information content (AvgIpc) is 2.07. The Balaban J connectivity index is 2.88. The van der Waals surface area contributed by atoms with Crippen molar-refractivity contribution in [2.24, 2.45) is 0 Å². The molecular weight excluding hydrogens is 265 g/mol. The summed E-state index contributed by atoms with van der Waals surface area (Å²) in [5.41, 5.74) is 1.91. The quantitative estimate of drug-likeness (QED) is 0.687. The van der Waals surface area contributed by atoms with E-state index in [2.05, 4.69) is 37.8 Å². The second-order valence-corrected chi connectivity index (χ2v) is 3.60. The van der Waals surface area contributed by atoms with E-state index in [0.29, 0.717) is 0 Å². The Morgan fingerprint density at radius 3 is 3.00 bits per heavy atom. The summed E-state index contributed by atoms with van der Waals surface area (Å²) in [5, 5.41) is 9.08. The zero-order valence-corrected chi connectivity index (χ0v) is 8.61. The fraction of sp³-hybridized carbons (Fsp3) is 0.125. The van der Waals surface area contributed by atoms with Crippen LogP contribution in [0.1, 0.15) is 5.69 Å². The lowest BCUT2D eigenvalue weighted by molar-refractivity contribution is 1.04. The van der Waals surface area contributed by atoms with Crippen LogP contribution in [0.15, 0.2) is 18.3 Å². The van der Waals surface area contributed by atoms with Crippen molar-refractivity contribution in [3.8, 4) is 0 Å². The summed E-state index contributed by atoms with van der Waals surface area (Å²) in [6.45, 7) is 1.97. The SMILES string of the molecule is Cc1nccc2nnc(I)cc12. The first-order valence-electron chi connectivity index (χ1n) is 3.52. The lowest BCUT2D eigenvalue weighted by atomic mass is 10.2. The van der Waals surface area contributed by atoms with Crippen molar-refractivity contribution >= 4 is 33.5 Å². The zero-order valence-electron chi connectivity index (χ0n) is 6.45. The molecule has 0 atom stereocenters. The Labute approximate surface area is 83.4 Å². The molecule has 0 amide bonds. The Morgan fingerprint density at radius 2 is 2.17 bits per heavy atom. The van der Waals surface area contributed by atoms with E-state index in [4.69, 9.17) is 0 Å². The van der Waals surface area contributed by atoms with Crippen molar-refractivity contribution < 1.29 is 0 Å². The Morgan fingerprint density at radius 1 is 1.33 bits per heavy atom. The van der Waals surface area contributed by atoms with Crippen LogP contribution in [0.25, 0.3) is 10.9 Å². The van der Waals surface area contributed by atoms with E-state index in [1.165, 1.54) is 0 Å². The molecule has 0 aliphatic carbocycles. The molecule has 0 fully saturated rings. The molecular formula is C8H6IN3. The van der Waals surface area contributed by atoms with Crippen molar-refractivity contribution in [2.75, 3.05) is 0 Å². The van der Waals surface area contributed by atoms with Crippen LogP contribution >= 0.6 is 22.6 Å². The van der Waals surface area contributed by atoms with Gasteiger partial charge in [0.15, 0.2) is 0 Å². The molecule has 0 aliphatic rings. The van der Waals surface area contributed by atoms with Gasteiger partial charge in [0.05, 0.1) is 5.52 Å². The second kappa shape index (κ2) is 2.93. The highest BCUT2D eigenvalue weighted by atomic mass is 127. The number of aromatic nitrogens is 3. The molecule has 2 aromatic rings. The van der Waals surface area contributed by atoms with Gasteiger partial charge in [0.2, 0.25) is 0 Å². The van der Waals surface area contributed by atoms with Gasteiger partial charge in [0, 0.05) is 17.3 Å². The fourth-order valence-electron chi connectivity index (χ4n) is 1.08. The van der Waals surface area contributed by atoms with Crippen LogP contribution < -0.4 is 0 Å². The predicted molar refractivity (Wildman–Crippen MR) is 54.8 cm³/mol. The number of aryl methyl sites for hydroxylation is 1. The third-order valence-electron chi connectivity index (χ3n) is 1.68. The zero-order chi connectivity index (χ0) is 8.55. The highest BCUT2D eigenvalue weighted by Crippen LogP contribution is 2.14. The monoisotopic (exact) mass is 271 g/mol. The van der Waals surface area contributed by atoms with E-state index < -0.39 is 0 Å². The van der Waals surface area contributed by atoms with E-state index in [-0.39, 0.29) is 0 Å². The van der Waals surface area contributed by atoms with Gasteiger partial charge in [-0.2, -0.15) is 0 Å². The third kappa shape index (κ3) is 1.26. The van der Waals surface area contributed by atoms with Crippen molar-refractivity contribution in [1.82, 2.24) is 15.2 Å². The molecule has 60 valence electrons. The van der Waals surface area contributed by atoms with E-state index in [9.17, 15) is 0 Å². The molecule has 2 rings (SSSR count). The minimum absolute atomic E-state index is 0.899. The normalized spacial score (nSPS) is 10.5. The summed E-state index contributed by atoms with van der Waals surface area (Å²) >= 11 is 2.14. The van der Waals surface area contributed by atoms with Gasteiger partial charge in [-0.15, -0.1) is 10.2 Å². The number of pyridine rings is 1. The molecule has 12 heavy (non-hydrogen) atoms. The van der Waals surface area contributed by atoms with Crippen LogP contribution in [-0.4, -0.2) is 15.2 Å². The number of halogens is 1. The standard InChI is InChI=1S/C8H6IN3/c1-5-6-4-8(9)12-11-7(6)2-3-10-5/h2-4H,1H3. The average molecular weight is 271 g/mol. The Kier molecular flexibility index (Phi) is 1.92. The van der Waals surface area contributed by atoms with Crippen LogP contribution in [0.5, 0.6) is 0 Å². The summed E-state index contributed by atoms with van der Waals surface area (Å²) in [4.78, 5) is 4.18. The van der Waals surface area contributed by atoms with E-state index in [1.54, 1.807) is 6.20 Å². The summed E-state index contributed by atoms with van der Waals surface area (Å²) in [7, 11) is 0. The van der Waals surface area contributed by atoms with Gasteiger partial charge in [-0.1, -0.05) is 0 Å². The van der Waals surface area contributed by atoms with Crippen LogP contribution in [0.2, 0.25) is 0 Å². The highest BCUT2D eigenvalue weighted by Gasteiger charge is 1.99. The van der Waals surface area contributed by atoms with Gasteiger partial charge in [0.1, 0.15) is 3.70 Å². The molecule has 0 saturated heterocycles. The van der Waals surface area contributed by atoms with E-state index >= 15 is 0 Å². The molecule has 0 aromatic carbocycles. The van der Waals surface area contributed by atoms with Gasteiger partial charge in [-0.25, -0.2) is 0 Å². The minimum Gasteiger partial charge on any atom is -0.261 e. The topological polar surface area (TPSA) is 38.7 Å². The molecule has 0 bridgehead atoms. The minimum atomic E-state index is 0.899. The van der Waals surface area contributed by atoms with Crippen molar-refractivity contribution in [3.05, 3.63) is 27.7 Å². The third-order valence-corrected chi connectivity index (χ3v) is 2.21. The van der Waals surface area contributed by atoms with Gasteiger partial charge >= 0.3 is 0 Å². The van der Waals surface area contributed by atoms with Gasteiger partial charge in [-0.05, 0) is 41.6 Å². The predicted octanol–water partition coefficient (Wildman–Crippen LogP) is 1.94. The second-order valence-electron chi connectivity index (χ2n) is 2.50. The van der Waals surface area contributed by atoms with Gasteiger partial charge in [-0.3, -0.25) is 4.98 Å². The summed E-state index contributed by atoms with van der Waals surface area (Å²) in [6.07, 6.45) is 1.75. The molecule has 0 aliphatic heterocycles. The summed E-state index contributed by atoms with van der Waals surface area (Å²) < 4.78 is 0.899. The number of rotatable bonds is 0. The summed E-state index contributed by atoms with van der Waals surface area (Å²) in [6, 6.07) is 3.86. The van der Waals surface area contributed by atoms with E-state index in [1.807, 2.05) is 19.1 Å². The number of nitrogens with zero attached hydrogens (tertiary/aromatic N) is 3. The van der Waals surface area contributed by atoms with Crippen LogP contribution in [0.4, 0.5) is 0 Å². The molecule has 0 spiro atoms. The largest absolute Gasteiger partial charge is 0.261 e. The maximum Gasteiger partial charge on any atom is 0.124 e. The molecule has 0 unspecified atom stereocenters. The van der Waals surface area contributed by atoms with Crippen molar-refractivity contribution in [2.45, 2.75) is 6.92 Å². The molecule has 3 nitrogen and oxygen atoms in total. The van der Waals surface area contributed by atoms with Crippen LogP contribution in [-0.2, 0) is 0 Å². The van der Waals surface area contributed by atoms with Crippen molar-refractivity contribution in [1.29, 1.82) is 0 Å². The molecule has 0 radical (unpaired) electrons.